The number of carboxylic acid groups (broad SMARTS) is 3. The Balaban J connectivity index is 4.93. The fraction of sp³-hybridized carbons (Fsp3) is 0.600. The summed E-state index contributed by atoms with van der Waals surface area (Å²) in [4.78, 5) is 78.4. The number of nitrogens with one attached hydrogen (secondary N) is 3. The maximum atomic E-state index is 12.3. The quantitative estimate of drug-likeness (QED) is 0.0400. The summed E-state index contributed by atoms with van der Waals surface area (Å²) < 4.78 is 0. The zero-order chi connectivity index (χ0) is 30.1. The third-order valence-corrected chi connectivity index (χ3v) is 4.90. The fourth-order valence-corrected chi connectivity index (χ4v) is 2.99. The monoisotopic (exact) mass is 560 g/mol. The van der Waals surface area contributed by atoms with Gasteiger partial charge >= 0.3 is 17.9 Å². The van der Waals surface area contributed by atoms with Crippen LogP contribution in [-0.2, 0) is 28.8 Å². The molecule has 0 aromatic rings. The number of carboxylic acids is 3. The summed E-state index contributed by atoms with van der Waals surface area (Å²) in [5.74, 6) is -7.73. The number of nitrogens with two attached hydrogens (primary N) is 5. The molecule has 19 heteroatoms. The van der Waals surface area contributed by atoms with Gasteiger partial charge in [-0.05, 0) is 25.7 Å². The lowest BCUT2D eigenvalue weighted by Crippen LogP contribution is -2.52. The van der Waals surface area contributed by atoms with E-state index in [1.165, 1.54) is 0 Å². The normalized spacial score (nSPS) is 13.5. The summed E-state index contributed by atoms with van der Waals surface area (Å²) in [5, 5.41) is 34.2. The first-order chi connectivity index (χ1) is 18.1. The van der Waals surface area contributed by atoms with Gasteiger partial charge in [0.25, 0.3) is 0 Å². The molecule has 19 nitrogen and oxygen atoms in total. The number of carbonyl (C=O) groups is 6. The van der Waals surface area contributed by atoms with Gasteiger partial charge in [0.2, 0.25) is 17.7 Å². The van der Waals surface area contributed by atoms with Crippen LogP contribution in [0.3, 0.4) is 0 Å². The second-order valence-corrected chi connectivity index (χ2v) is 8.23. The summed E-state index contributed by atoms with van der Waals surface area (Å²) >= 11 is 0. The number of amides is 3. The third kappa shape index (κ3) is 15.9. The number of guanidine groups is 2. The van der Waals surface area contributed by atoms with E-state index in [0.717, 1.165) is 0 Å². The molecule has 0 aromatic carbocycles. The Bertz CT molecular complexity index is 948. The van der Waals surface area contributed by atoms with E-state index in [1.807, 2.05) is 5.32 Å². The van der Waals surface area contributed by atoms with Crippen LogP contribution in [0.2, 0.25) is 0 Å². The number of aliphatic carboxylic acids is 3. The van der Waals surface area contributed by atoms with Gasteiger partial charge in [-0.1, -0.05) is 0 Å². The van der Waals surface area contributed by atoms with E-state index in [-0.39, 0.29) is 50.7 Å². The Hall–Kier alpha value is -4.68. The molecule has 0 spiro atoms. The Morgan fingerprint density at radius 2 is 1.00 bits per heavy atom. The minimum Gasteiger partial charge on any atom is -0.480 e. The van der Waals surface area contributed by atoms with Crippen molar-refractivity contribution in [3.63, 3.8) is 0 Å². The Morgan fingerprint density at radius 1 is 0.615 bits per heavy atom. The first-order valence-corrected chi connectivity index (χ1v) is 11.6. The fourth-order valence-electron chi connectivity index (χ4n) is 2.99. The van der Waals surface area contributed by atoms with Gasteiger partial charge in [0.05, 0.1) is 18.9 Å². The van der Waals surface area contributed by atoms with Crippen molar-refractivity contribution in [2.24, 2.45) is 38.7 Å². The van der Waals surface area contributed by atoms with Crippen molar-refractivity contribution in [3.8, 4) is 0 Å². The maximum Gasteiger partial charge on any atom is 0.326 e. The van der Waals surface area contributed by atoms with E-state index in [4.69, 9.17) is 28.7 Å². The number of carbonyl (C=O) groups excluding carboxylic acids is 3. The average molecular weight is 561 g/mol. The van der Waals surface area contributed by atoms with E-state index in [9.17, 15) is 44.1 Å². The summed E-state index contributed by atoms with van der Waals surface area (Å²) in [6.07, 6.45) is -1.20. The molecule has 3 amide bonds. The van der Waals surface area contributed by atoms with Gasteiger partial charge < -0.3 is 59.9 Å². The molecule has 0 aliphatic rings. The number of rotatable bonds is 19. The van der Waals surface area contributed by atoms with E-state index in [1.54, 1.807) is 0 Å². The van der Waals surface area contributed by atoms with Gasteiger partial charge in [0.15, 0.2) is 11.9 Å². The molecule has 0 aromatic heterocycles. The molecule has 0 saturated heterocycles. The molecule has 0 aliphatic carbocycles. The van der Waals surface area contributed by atoms with Crippen LogP contribution in [-0.4, -0.2) is 100 Å². The second kappa shape index (κ2) is 17.7. The van der Waals surface area contributed by atoms with Gasteiger partial charge in [-0.15, -0.1) is 0 Å². The predicted octanol–water partition coefficient (Wildman–Crippen LogP) is -5.09. The molecule has 0 radical (unpaired) electrons. The third-order valence-electron chi connectivity index (χ3n) is 4.90. The van der Waals surface area contributed by atoms with Gasteiger partial charge in [-0.25, -0.2) is 14.4 Å². The van der Waals surface area contributed by atoms with Crippen LogP contribution >= 0.6 is 0 Å². The van der Waals surface area contributed by atoms with E-state index >= 15 is 0 Å². The van der Waals surface area contributed by atoms with E-state index in [0.29, 0.717) is 0 Å². The van der Waals surface area contributed by atoms with Crippen molar-refractivity contribution in [2.45, 2.75) is 62.7 Å². The highest BCUT2D eigenvalue weighted by Gasteiger charge is 2.29. The summed E-state index contributed by atoms with van der Waals surface area (Å²) in [6.45, 7) is 0.228. The Morgan fingerprint density at radius 3 is 1.36 bits per heavy atom. The largest absolute Gasteiger partial charge is 0.480 e. The Labute approximate surface area is 222 Å². The van der Waals surface area contributed by atoms with Crippen LogP contribution in [0.1, 0.15) is 38.5 Å². The van der Waals surface area contributed by atoms with Crippen molar-refractivity contribution in [3.05, 3.63) is 0 Å². The molecule has 0 bridgehead atoms. The molecule has 4 atom stereocenters. The van der Waals surface area contributed by atoms with Crippen LogP contribution in [0, 0.1) is 0 Å². The first-order valence-electron chi connectivity index (χ1n) is 11.6. The lowest BCUT2D eigenvalue weighted by molar-refractivity contribution is -0.145. The molecule has 0 rings (SSSR count). The number of hydrogen-bond donors (Lipinski definition) is 11. The highest BCUT2D eigenvalue weighted by Crippen LogP contribution is 2.03. The van der Waals surface area contributed by atoms with Crippen LogP contribution in [0.15, 0.2) is 9.98 Å². The van der Waals surface area contributed by atoms with Crippen LogP contribution < -0.4 is 44.6 Å². The Kier molecular flexibility index (Phi) is 15.6. The molecule has 220 valence electrons. The van der Waals surface area contributed by atoms with Gasteiger partial charge in [0.1, 0.15) is 18.1 Å². The van der Waals surface area contributed by atoms with Crippen LogP contribution in [0.4, 0.5) is 0 Å². The van der Waals surface area contributed by atoms with E-state index in [2.05, 4.69) is 20.6 Å². The molecule has 0 aliphatic heterocycles. The number of hydrogen-bond acceptors (Lipinski definition) is 9. The summed E-state index contributed by atoms with van der Waals surface area (Å²) in [6, 6.07) is -6.08. The van der Waals surface area contributed by atoms with E-state index < -0.39 is 72.6 Å². The minimum absolute atomic E-state index is 0.0267. The lowest BCUT2D eigenvalue weighted by atomic mass is 10.1. The molecule has 0 saturated carbocycles. The number of aliphatic imine (C=N–C) groups is 2. The maximum absolute atomic E-state index is 12.3. The van der Waals surface area contributed by atoms with Gasteiger partial charge in [-0.2, -0.15) is 0 Å². The standard InChI is InChI=1S/C20H36N10O9/c21-9(7-13(31)28-10(16(34)35)3-1-5-26-19(22)23)15(33)30-12(18(38)39)8-14(32)29-11(17(36)37)4-2-6-27-20(24)25/h9-12H,1-8,21H2,(H,28,31)(H,29,32)(H,30,33)(H,34,35)(H,36,37)(H,38,39)(H4,22,23,26)(H4,24,25,27)/t9?,10-,11-,12?/m0/s1. The van der Waals surface area contributed by atoms with Crippen LogP contribution in [0.5, 0.6) is 0 Å². The van der Waals surface area contributed by atoms with Crippen molar-refractivity contribution >= 4 is 47.5 Å². The zero-order valence-electron chi connectivity index (χ0n) is 21.0. The molecule has 2 unspecified atom stereocenters. The highest BCUT2D eigenvalue weighted by atomic mass is 16.4. The van der Waals surface area contributed by atoms with Crippen molar-refractivity contribution in [1.29, 1.82) is 0 Å². The summed E-state index contributed by atoms with van der Waals surface area (Å²) in [5.41, 5.74) is 26.3. The molecule has 39 heavy (non-hydrogen) atoms. The molecule has 0 fully saturated rings. The minimum atomic E-state index is -1.80. The average Bonchev–Trinajstić information content (AvgIpc) is 2.81. The molecule has 16 N–H and O–H groups in total. The second-order valence-electron chi connectivity index (χ2n) is 8.23. The smallest absolute Gasteiger partial charge is 0.326 e. The van der Waals surface area contributed by atoms with Crippen molar-refractivity contribution in [1.82, 2.24) is 16.0 Å². The topological polar surface area (TPSA) is 354 Å². The molecular formula is C20H36N10O9. The van der Waals surface area contributed by atoms with Crippen molar-refractivity contribution < 1.29 is 44.1 Å². The SMILES string of the molecule is NC(N)=NCCC[C@H](NC(=O)CC(N)C(=O)NC(CC(=O)N[C@@H](CCCN=C(N)N)C(=O)O)C(=O)O)C(=O)O. The van der Waals surface area contributed by atoms with Gasteiger partial charge in [-0.3, -0.25) is 24.4 Å². The van der Waals surface area contributed by atoms with Gasteiger partial charge in [0, 0.05) is 13.1 Å². The van der Waals surface area contributed by atoms with Crippen molar-refractivity contribution in [2.75, 3.05) is 13.1 Å². The lowest BCUT2D eigenvalue weighted by Gasteiger charge is -2.20. The summed E-state index contributed by atoms with van der Waals surface area (Å²) in [7, 11) is 0. The van der Waals surface area contributed by atoms with Crippen LogP contribution in [0.25, 0.3) is 0 Å². The predicted molar refractivity (Wildman–Crippen MR) is 136 cm³/mol. The first kappa shape index (κ1) is 34.3. The zero-order valence-corrected chi connectivity index (χ0v) is 21.0. The molecular weight excluding hydrogens is 524 g/mol. The highest BCUT2D eigenvalue weighted by molar-refractivity contribution is 5.94. The number of nitrogens with zero attached hydrogens (tertiary/aromatic N) is 2. The molecule has 0 heterocycles.